The third-order valence-corrected chi connectivity index (χ3v) is 2.77. The molecule has 3 nitrogen and oxygen atoms in total. The maximum Gasteiger partial charge on any atom is 0.327 e. The van der Waals surface area contributed by atoms with E-state index in [1.165, 1.54) is 0 Å². The molecule has 0 heterocycles. The van der Waals surface area contributed by atoms with Crippen molar-refractivity contribution in [3.8, 4) is 0 Å². The molecule has 0 aliphatic carbocycles. The highest BCUT2D eigenvalue weighted by molar-refractivity contribution is 7.52. The molecule has 1 N–H and O–H groups in total. The van der Waals surface area contributed by atoms with E-state index in [2.05, 4.69) is 13.8 Å². The smallest absolute Gasteiger partial charge is 0.324 e. The molecular weight excluding hydrogens is 163 g/mol. The summed E-state index contributed by atoms with van der Waals surface area (Å²) < 4.78 is 15.7. The van der Waals surface area contributed by atoms with Crippen molar-refractivity contribution in [1.82, 2.24) is 0 Å². The molecule has 0 aliphatic rings. The van der Waals surface area contributed by atoms with Gasteiger partial charge in [-0.05, 0) is 12.3 Å². The van der Waals surface area contributed by atoms with Gasteiger partial charge < -0.3 is 9.42 Å². The van der Waals surface area contributed by atoms with Gasteiger partial charge in [-0.1, -0.05) is 20.8 Å². The molecule has 4 heteroatoms. The molecule has 0 aliphatic heterocycles. The highest BCUT2D eigenvalue weighted by Gasteiger charge is 2.14. The summed E-state index contributed by atoms with van der Waals surface area (Å²) in [6, 6.07) is 0. The van der Waals surface area contributed by atoms with E-state index in [0.29, 0.717) is 12.5 Å². The Morgan fingerprint density at radius 2 is 2.09 bits per heavy atom. The predicted molar refractivity (Wildman–Crippen MR) is 45.8 cm³/mol. The van der Waals surface area contributed by atoms with E-state index in [1.54, 1.807) is 6.92 Å². The van der Waals surface area contributed by atoms with Crippen LogP contribution in [-0.4, -0.2) is 17.7 Å². The fourth-order valence-electron chi connectivity index (χ4n) is 0.522. The van der Waals surface area contributed by atoms with Crippen LogP contribution in [-0.2, 0) is 9.09 Å². The van der Waals surface area contributed by atoms with Gasteiger partial charge in [-0.3, -0.25) is 4.57 Å². The Labute approximate surface area is 68.3 Å². The van der Waals surface area contributed by atoms with Crippen LogP contribution in [0.3, 0.4) is 0 Å². The lowest BCUT2D eigenvalue weighted by Gasteiger charge is -2.10. The van der Waals surface area contributed by atoms with Gasteiger partial charge in [-0.15, -0.1) is 0 Å². The Morgan fingerprint density at radius 1 is 1.55 bits per heavy atom. The molecule has 0 aromatic heterocycles. The van der Waals surface area contributed by atoms with E-state index in [1.807, 2.05) is 0 Å². The van der Waals surface area contributed by atoms with Crippen LogP contribution < -0.4 is 0 Å². The zero-order valence-corrected chi connectivity index (χ0v) is 8.30. The maximum absolute atomic E-state index is 10.9. The van der Waals surface area contributed by atoms with Crippen molar-refractivity contribution in [3.05, 3.63) is 0 Å². The molecule has 68 valence electrons. The van der Waals surface area contributed by atoms with Crippen LogP contribution >= 0.6 is 7.60 Å². The second-order valence-corrected chi connectivity index (χ2v) is 5.13. The molecule has 0 saturated carbocycles. The Morgan fingerprint density at radius 3 is 2.45 bits per heavy atom. The summed E-state index contributed by atoms with van der Waals surface area (Å²) in [6.07, 6.45) is 1.04. The first-order chi connectivity index (χ1) is 4.98. The van der Waals surface area contributed by atoms with Crippen molar-refractivity contribution in [2.75, 3.05) is 12.8 Å². The standard InChI is InChI=1S/C7H17O3P/c1-4-11(8,9)10-6-5-7(2)3/h7H,4-6H2,1-3H3,(H,8,9). The van der Waals surface area contributed by atoms with Gasteiger partial charge in [0, 0.05) is 6.16 Å². The van der Waals surface area contributed by atoms with E-state index in [-0.39, 0.29) is 6.16 Å². The molecule has 0 saturated heterocycles. The van der Waals surface area contributed by atoms with Gasteiger partial charge in [0.2, 0.25) is 0 Å². The van der Waals surface area contributed by atoms with Crippen LogP contribution in [0.15, 0.2) is 0 Å². The summed E-state index contributed by atoms with van der Waals surface area (Å²) in [6.45, 7) is 6.14. The Hall–Kier alpha value is 0.150. The summed E-state index contributed by atoms with van der Waals surface area (Å²) in [5, 5.41) is 0. The molecule has 1 atom stereocenters. The van der Waals surface area contributed by atoms with Crippen molar-refractivity contribution in [1.29, 1.82) is 0 Å². The maximum atomic E-state index is 10.9. The fraction of sp³-hybridized carbons (Fsp3) is 1.00. The zero-order chi connectivity index (χ0) is 8.91. The molecule has 0 fully saturated rings. The van der Waals surface area contributed by atoms with Crippen molar-refractivity contribution < 1.29 is 14.0 Å². The summed E-state index contributed by atoms with van der Waals surface area (Å²) in [7, 11) is -3.23. The number of hydrogen-bond acceptors (Lipinski definition) is 2. The van der Waals surface area contributed by atoms with Crippen LogP contribution in [0.25, 0.3) is 0 Å². The van der Waals surface area contributed by atoms with Gasteiger partial charge >= 0.3 is 7.60 Å². The fourth-order valence-corrected chi connectivity index (χ4v) is 1.10. The summed E-state index contributed by atoms with van der Waals surface area (Å²) in [5.74, 6) is 0.520. The molecule has 0 spiro atoms. The van der Waals surface area contributed by atoms with E-state index < -0.39 is 7.60 Å². The van der Waals surface area contributed by atoms with Crippen molar-refractivity contribution in [2.24, 2.45) is 5.92 Å². The lowest BCUT2D eigenvalue weighted by atomic mass is 10.2. The Balaban J connectivity index is 3.46. The molecule has 0 aromatic carbocycles. The molecular formula is C7H17O3P. The second kappa shape index (κ2) is 4.91. The van der Waals surface area contributed by atoms with Crippen molar-refractivity contribution in [2.45, 2.75) is 27.2 Å². The third kappa shape index (κ3) is 6.54. The third-order valence-electron chi connectivity index (χ3n) is 1.39. The molecule has 0 rings (SSSR count). The topological polar surface area (TPSA) is 46.5 Å². The predicted octanol–water partition coefficient (Wildman–Crippen LogP) is 2.25. The van der Waals surface area contributed by atoms with Gasteiger partial charge in [0.15, 0.2) is 0 Å². The molecule has 0 radical (unpaired) electrons. The minimum Gasteiger partial charge on any atom is -0.324 e. The quantitative estimate of drug-likeness (QED) is 0.660. The average Bonchev–Trinajstić information content (AvgIpc) is 1.87. The van der Waals surface area contributed by atoms with Crippen LogP contribution in [0.5, 0.6) is 0 Å². The minimum atomic E-state index is -3.23. The highest BCUT2D eigenvalue weighted by atomic mass is 31.2. The van der Waals surface area contributed by atoms with Crippen LogP contribution in [0, 0.1) is 5.92 Å². The SMILES string of the molecule is CCP(=O)(O)OCCC(C)C. The van der Waals surface area contributed by atoms with E-state index in [4.69, 9.17) is 9.42 Å². The summed E-state index contributed by atoms with van der Waals surface area (Å²) >= 11 is 0. The lowest BCUT2D eigenvalue weighted by molar-refractivity contribution is 0.244. The Bertz CT molecular complexity index is 145. The Kier molecular flexibility index (Phi) is 4.98. The van der Waals surface area contributed by atoms with Crippen molar-refractivity contribution in [3.63, 3.8) is 0 Å². The molecule has 1 unspecified atom stereocenters. The highest BCUT2D eigenvalue weighted by Crippen LogP contribution is 2.41. The second-order valence-electron chi connectivity index (χ2n) is 2.97. The van der Waals surface area contributed by atoms with Gasteiger partial charge in [0.1, 0.15) is 0 Å². The molecule has 0 amide bonds. The molecule has 0 bridgehead atoms. The minimum absolute atomic E-state index is 0.199. The average molecular weight is 180 g/mol. The number of hydrogen-bond donors (Lipinski definition) is 1. The molecule has 0 aromatic rings. The van der Waals surface area contributed by atoms with E-state index >= 15 is 0 Å². The first-order valence-electron chi connectivity index (χ1n) is 3.94. The van der Waals surface area contributed by atoms with Gasteiger partial charge in [-0.2, -0.15) is 0 Å². The lowest BCUT2D eigenvalue weighted by Crippen LogP contribution is -1.98. The van der Waals surface area contributed by atoms with Crippen LogP contribution in [0.4, 0.5) is 0 Å². The summed E-state index contributed by atoms with van der Waals surface area (Å²) in [5.41, 5.74) is 0. The normalized spacial score (nSPS) is 16.8. The van der Waals surface area contributed by atoms with Crippen LogP contribution in [0.1, 0.15) is 27.2 Å². The largest absolute Gasteiger partial charge is 0.327 e. The van der Waals surface area contributed by atoms with Gasteiger partial charge in [-0.25, -0.2) is 0 Å². The zero-order valence-electron chi connectivity index (χ0n) is 7.41. The van der Waals surface area contributed by atoms with E-state index in [9.17, 15) is 4.57 Å². The number of rotatable bonds is 5. The first-order valence-corrected chi connectivity index (χ1v) is 5.70. The van der Waals surface area contributed by atoms with Crippen molar-refractivity contribution >= 4 is 7.60 Å². The van der Waals surface area contributed by atoms with Gasteiger partial charge in [0.05, 0.1) is 6.61 Å². The monoisotopic (exact) mass is 180 g/mol. The van der Waals surface area contributed by atoms with E-state index in [0.717, 1.165) is 6.42 Å². The first kappa shape index (κ1) is 11.2. The van der Waals surface area contributed by atoms with Crippen LogP contribution in [0.2, 0.25) is 0 Å². The molecule has 11 heavy (non-hydrogen) atoms. The van der Waals surface area contributed by atoms with Gasteiger partial charge in [0.25, 0.3) is 0 Å². The summed E-state index contributed by atoms with van der Waals surface area (Å²) in [4.78, 5) is 8.97.